The van der Waals surface area contributed by atoms with E-state index in [0.717, 1.165) is 51.1 Å². The average Bonchev–Trinajstić information content (AvgIpc) is 2.34. The Hall–Kier alpha value is -1.23. The van der Waals surface area contributed by atoms with E-state index in [1.165, 1.54) is 0 Å². The Kier molecular flexibility index (Phi) is 5.51. The minimum atomic E-state index is -0.428. The van der Waals surface area contributed by atoms with Crippen molar-refractivity contribution in [2.24, 2.45) is 5.92 Å². The van der Waals surface area contributed by atoms with Crippen molar-refractivity contribution in [1.29, 1.82) is 0 Å². The summed E-state index contributed by atoms with van der Waals surface area (Å²) in [7, 11) is 0. The lowest BCUT2D eigenvalue weighted by Gasteiger charge is -2.36. The van der Waals surface area contributed by atoms with Gasteiger partial charge in [0.05, 0.1) is 13.2 Å². The minimum absolute atomic E-state index is 0.261. The van der Waals surface area contributed by atoms with Gasteiger partial charge in [-0.3, -0.25) is 0 Å². The third-order valence-electron chi connectivity index (χ3n) is 3.70. The number of hydrogen-bond donors (Lipinski definition) is 2. The van der Waals surface area contributed by atoms with Crippen molar-refractivity contribution < 1.29 is 14.3 Å². The Labute approximate surface area is 127 Å². The van der Waals surface area contributed by atoms with Crippen molar-refractivity contribution in [2.75, 3.05) is 19.7 Å². The Morgan fingerprint density at radius 3 is 2.81 bits per heavy atom. The normalized spacial score (nSPS) is 25.4. The molecular weight excluding hydrogens is 268 g/mol. The van der Waals surface area contributed by atoms with Gasteiger partial charge < -0.3 is 20.1 Å². The molecule has 5 nitrogen and oxygen atoms in total. The van der Waals surface area contributed by atoms with Gasteiger partial charge in [-0.05, 0) is 65.0 Å². The third kappa shape index (κ3) is 5.96. The minimum Gasteiger partial charge on any atom is -0.497 e. The summed E-state index contributed by atoms with van der Waals surface area (Å²) in [5.41, 5.74) is -0.428. The molecule has 0 aromatic carbocycles. The van der Waals surface area contributed by atoms with Crippen LogP contribution in [0.5, 0.6) is 0 Å². The van der Waals surface area contributed by atoms with Crippen LogP contribution < -0.4 is 10.6 Å². The van der Waals surface area contributed by atoms with Crippen molar-refractivity contribution in [1.82, 2.24) is 10.6 Å². The van der Waals surface area contributed by atoms with Crippen molar-refractivity contribution >= 4 is 6.09 Å². The molecule has 1 saturated carbocycles. The summed E-state index contributed by atoms with van der Waals surface area (Å²) < 4.78 is 10.8. The molecule has 0 bridgehead atoms. The molecule has 0 aromatic heterocycles. The van der Waals surface area contributed by atoms with Crippen LogP contribution in [0.25, 0.3) is 0 Å². The molecule has 1 amide bonds. The predicted molar refractivity (Wildman–Crippen MR) is 82.0 cm³/mol. The van der Waals surface area contributed by atoms with Crippen molar-refractivity contribution in [2.45, 2.75) is 58.1 Å². The topological polar surface area (TPSA) is 59.6 Å². The van der Waals surface area contributed by atoms with Gasteiger partial charge in [-0.1, -0.05) is 0 Å². The summed E-state index contributed by atoms with van der Waals surface area (Å²) in [6.07, 6.45) is 6.16. The first-order chi connectivity index (χ1) is 9.92. The zero-order valence-electron chi connectivity index (χ0n) is 13.4. The van der Waals surface area contributed by atoms with Gasteiger partial charge in [-0.25, -0.2) is 4.79 Å². The number of alkyl carbamates (subject to hydrolysis) is 1. The number of nitrogens with one attached hydrogen (secondary N) is 2. The highest BCUT2D eigenvalue weighted by atomic mass is 16.6. The molecule has 21 heavy (non-hydrogen) atoms. The first-order valence-corrected chi connectivity index (χ1v) is 7.94. The van der Waals surface area contributed by atoms with Crippen molar-refractivity contribution in [3.8, 4) is 0 Å². The van der Waals surface area contributed by atoms with E-state index in [1.54, 1.807) is 0 Å². The molecule has 0 radical (unpaired) electrons. The van der Waals surface area contributed by atoms with E-state index in [2.05, 4.69) is 16.7 Å². The van der Waals surface area contributed by atoms with Crippen molar-refractivity contribution in [3.63, 3.8) is 0 Å². The van der Waals surface area contributed by atoms with E-state index in [4.69, 9.17) is 9.47 Å². The van der Waals surface area contributed by atoms with Crippen LogP contribution in [-0.2, 0) is 9.47 Å². The highest BCUT2D eigenvalue weighted by Crippen LogP contribution is 2.27. The molecule has 0 atom stereocenters. The van der Waals surface area contributed by atoms with Crippen LogP contribution in [0.15, 0.2) is 11.8 Å². The second-order valence-electron chi connectivity index (χ2n) is 6.97. The lowest BCUT2D eigenvalue weighted by Crippen LogP contribution is -2.48. The fourth-order valence-corrected chi connectivity index (χ4v) is 2.63. The lowest BCUT2D eigenvalue weighted by molar-refractivity contribution is 0.0452. The molecule has 1 aliphatic heterocycles. The molecule has 2 rings (SSSR count). The zero-order valence-corrected chi connectivity index (χ0v) is 13.4. The van der Waals surface area contributed by atoms with Gasteiger partial charge in [-0.2, -0.15) is 0 Å². The molecule has 0 aromatic rings. The molecule has 0 unspecified atom stereocenters. The van der Waals surface area contributed by atoms with Crippen LogP contribution in [0.2, 0.25) is 0 Å². The number of amides is 1. The van der Waals surface area contributed by atoms with Crippen molar-refractivity contribution in [3.05, 3.63) is 11.8 Å². The highest BCUT2D eigenvalue weighted by Gasteiger charge is 2.31. The number of carbonyl (C=O) groups excluding carboxylic acids is 1. The number of rotatable bonds is 5. The summed E-state index contributed by atoms with van der Waals surface area (Å²) in [6, 6.07) is 0.261. The van der Waals surface area contributed by atoms with E-state index >= 15 is 0 Å². The summed E-state index contributed by atoms with van der Waals surface area (Å²) in [6.45, 7) is 8.28. The predicted octanol–water partition coefficient (Wildman–Crippen LogP) is 2.57. The van der Waals surface area contributed by atoms with Gasteiger partial charge in [0.1, 0.15) is 11.4 Å². The molecule has 2 aliphatic rings. The highest BCUT2D eigenvalue weighted by molar-refractivity contribution is 5.68. The molecule has 5 heteroatoms. The number of hydrogen-bond acceptors (Lipinski definition) is 4. The number of ether oxygens (including phenoxy) is 2. The molecule has 1 heterocycles. The van der Waals surface area contributed by atoms with Crippen LogP contribution in [0.1, 0.15) is 46.5 Å². The van der Waals surface area contributed by atoms with Crippen LogP contribution in [0.4, 0.5) is 4.79 Å². The molecule has 120 valence electrons. The monoisotopic (exact) mass is 296 g/mol. The summed E-state index contributed by atoms with van der Waals surface area (Å²) >= 11 is 0. The first-order valence-electron chi connectivity index (χ1n) is 7.94. The summed E-state index contributed by atoms with van der Waals surface area (Å²) in [5.74, 6) is 1.71. The molecule has 1 fully saturated rings. The van der Waals surface area contributed by atoms with E-state index < -0.39 is 5.60 Å². The Bertz CT molecular complexity index is 381. The SMILES string of the molecule is CC(C)(C)OC(=O)NC1CC(CNCC2=CCCCO2)C1. The molecule has 0 saturated heterocycles. The Morgan fingerprint density at radius 1 is 1.43 bits per heavy atom. The molecule has 1 aliphatic carbocycles. The van der Waals surface area contributed by atoms with Crippen LogP contribution in [0, 0.1) is 5.92 Å². The fourth-order valence-electron chi connectivity index (χ4n) is 2.63. The lowest BCUT2D eigenvalue weighted by atomic mass is 9.80. The van der Waals surface area contributed by atoms with E-state index in [9.17, 15) is 4.79 Å². The van der Waals surface area contributed by atoms with E-state index in [-0.39, 0.29) is 12.1 Å². The molecular formula is C16H28N2O3. The quantitative estimate of drug-likeness (QED) is 0.818. The maximum Gasteiger partial charge on any atom is 0.407 e. The Morgan fingerprint density at radius 2 is 2.19 bits per heavy atom. The summed E-state index contributed by atoms with van der Waals surface area (Å²) in [5, 5.41) is 6.35. The largest absolute Gasteiger partial charge is 0.497 e. The van der Waals surface area contributed by atoms with Gasteiger partial charge >= 0.3 is 6.09 Å². The first kappa shape index (κ1) is 16.1. The van der Waals surface area contributed by atoms with Gasteiger partial charge in [0.25, 0.3) is 0 Å². The number of allylic oxidation sites excluding steroid dienone is 1. The maximum atomic E-state index is 11.6. The second-order valence-corrected chi connectivity index (χ2v) is 6.97. The smallest absolute Gasteiger partial charge is 0.407 e. The molecule has 0 spiro atoms. The summed E-state index contributed by atoms with van der Waals surface area (Å²) in [4.78, 5) is 11.6. The van der Waals surface area contributed by atoms with Gasteiger partial charge in [-0.15, -0.1) is 0 Å². The third-order valence-corrected chi connectivity index (χ3v) is 3.70. The standard InChI is InChI=1S/C16H28N2O3/c1-16(2,3)21-15(19)18-13-8-12(9-13)10-17-11-14-6-4-5-7-20-14/h6,12-13,17H,4-5,7-11H2,1-3H3,(H,18,19). The molecule has 2 N–H and O–H groups in total. The average molecular weight is 296 g/mol. The van der Waals surface area contributed by atoms with Gasteiger partial charge in [0.15, 0.2) is 0 Å². The van der Waals surface area contributed by atoms with E-state index in [1.807, 2.05) is 20.8 Å². The van der Waals surface area contributed by atoms with Crippen LogP contribution >= 0.6 is 0 Å². The number of carbonyl (C=O) groups is 1. The van der Waals surface area contributed by atoms with Gasteiger partial charge in [0.2, 0.25) is 0 Å². The maximum absolute atomic E-state index is 11.6. The van der Waals surface area contributed by atoms with Crippen LogP contribution in [0.3, 0.4) is 0 Å². The van der Waals surface area contributed by atoms with Crippen LogP contribution in [-0.4, -0.2) is 37.4 Å². The Balaban J connectivity index is 1.53. The van der Waals surface area contributed by atoms with Gasteiger partial charge in [0, 0.05) is 6.04 Å². The zero-order chi connectivity index (χ0) is 15.3. The fraction of sp³-hybridized carbons (Fsp3) is 0.812. The van der Waals surface area contributed by atoms with E-state index in [0.29, 0.717) is 5.92 Å². The second kappa shape index (κ2) is 7.16.